The van der Waals surface area contributed by atoms with Gasteiger partial charge < -0.3 is 15.1 Å². The molecule has 3 nitrogen and oxygen atoms in total. The molecule has 1 rings (SSSR count). The van der Waals surface area contributed by atoms with Crippen molar-refractivity contribution in [3.8, 4) is 0 Å². The smallest absolute Gasteiger partial charge is 0.0689 e. The summed E-state index contributed by atoms with van der Waals surface area (Å²) < 4.78 is 0. The number of likely N-dealkylation sites (tertiary alicyclic amines) is 1. The average Bonchev–Trinajstić information content (AvgIpc) is 2.11. The van der Waals surface area contributed by atoms with Crippen LogP contribution in [0.15, 0.2) is 0 Å². The third-order valence-corrected chi connectivity index (χ3v) is 3.16. The van der Waals surface area contributed by atoms with Gasteiger partial charge in [-0.1, -0.05) is 20.8 Å². The molecule has 3 unspecified atom stereocenters. The number of β-amino-alcohol motifs (C(OH)–C–C–N with tert-alkyl or cyclic N) is 1. The Morgan fingerprint density at radius 1 is 1.43 bits per heavy atom. The van der Waals surface area contributed by atoms with Gasteiger partial charge in [-0.05, 0) is 18.3 Å². The molecule has 14 heavy (non-hydrogen) atoms. The third-order valence-electron chi connectivity index (χ3n) is 3.16. The summed E-state index contributed by atoms with van der Waals surface area (Å²) in [5.41, 5.74) is 0. The van der Waals surface area contributed by atoms with E-state index in [0.29, 0.717) is 11.8 Å². The molecule has 0 amide bonds. The number of aliphatic hydroxyl groups is 2. The van der Waals surface area contributed by atoms with Gasteiger partial charge in [0.2, 0.25) is 0 Å². The molecule has 1 heterocycles. The van der Waals surface area contributed by atoms with Gasteiger partial charge in [0.25, 0.3) is 0 Å². The van der Waals surface area contributed by atoms with E-state index in [0.717, 1.165) is 26.1 Å². The number of nitrogens with zero attached hydrogens (tertiary/aromatic N) is 1. The SMILES string of the molecule is CC(C)C(O)CN1CCC(O)C(C)C1. The van der Waals surface area contributed by atoms with Crippen LogP contribution in [0.5, 0.6) is 0 Å². The number of rotatable bonds is 3. The highest BCUT2D eigenvalue weighted by molar-refractivity contribution is 4.79. The molecule has 0 spiro atoms. The maximum absolute atomic E-state index is 9.73. The molecule has 0 saturated carbocycles. The first kappa shape index (κ1) is 12.0. The van der Waals surface area contributed by atoms with Gasteiger partial charge in [-0.2, -0.15) is 0 Å². The zero-order valence-electron chi connectivity index (χ0n) is 9.48. The van der Waals surface area contributed by atoms with E-state index >= 15 is 0 Å². The van der Waals surface area contributed by atoms with E-state index in [2.05, 4.69) is 11.8 Å². The highest BCUT2D eigenvalue weighted by Crippen LogP contribution is 2.17. The summed E-state index contributed by atoms with van der Waals surface area (Å²) >= 11 is 0. The van der Waals surface area contributed by atoms with Crippen LogP contribution in [0.4, 0.5) is 0 Å². The number of piperidine rings is 1. The van der Waals surface area contributed by atoms with Crippen molar-refractivity contribution < 1.29 is 10.2 Å². The molecular weight excluding hydrogens is 178 g/mol. The number of hydrogen-bond donors (Lipinski definition) is 2. The number of aliphatic hydroxyl groups excluding tert-OH is 2. The van der Waals surface area contributed by atoms with Crippen LogP contribution in [0.25, 0.3) is 0 Å². The molecule has 3 atom stereocenters. The lowest BCUT2D eigenvalue weighted by Gasteiger charge is -2.36. The lowest BCUT2D eigenvalue weighted by Crippen LogP contribution is -2.45. The summed E-state index contributed by atoms with van der Waals surface area (Å²) in [7, 11) is 0. The minimum atomic E-state index is -0.238. The summed E-state index contributed by atoms with van der Waals surface area (Å²) in [6.45, 7) is 8.70. The first-order valence-electron chi connectivity index (χ1n) is 5.59. The summed E-state index contributed by atoms with van der Waals surface area (Å²) in [6, 6.07) is 0. The molecule has 84 valence electrons. The van der Waals surface area contributed by atoms with Crippen LogP contribution in [-0.4, -0.2) is 47.0 Å². The maximum atomic E-state index is 9.73. The Morgan fingerprint density at radius 3 is 2.57 bits per heavy atom. The van der Waals surface area contributed by atoms with Crippen molar-refractivity contribution >= 4 is 0 Å². The molecular formula is C11H23NO2. The van der Waals surface area contributed by atoms with E-state index in [9.17, 15) is 10.2 Å². The summed E-state index contributed by atoms with van der Waals surface area (Å²) in [5.74, 6) is 0.653. The van der Waals surface area contributed by atoms with Crippen LogP contribution in [-0.2, 0) is 0 Å². The van der Waals surface area contributed by atoms with E-state index in [1.54, 1.807) is 0 Å². The highest BCUT2D eigenvalue weighted by Gasteiger charge is 2.25. The summed E-state index contributed by atoms with van der Waals surface area (Å²) in [5, 5.41) is 19.3. The van der Waals surface area contributed by atoms with Crippen LogP contribution in [0.3, 0.4) is 0 Å². The van der Waals surface area contributed by atoms with E-state index < -0.39 is 0 Å². The maximum Gasteiger partial charge on any atom is 0.0689 e. The van der Waals surface area contributed by atoms with E-state index in [1.165, 1.54) is 0 Å². The van der Waals surface area contributed by atoms with Crippen molar-refractivity contribution in [1.82, 2.24) is 4.90 Å². The van der Waals surface area contributed by atoms with Gasteiger partial charge in [0, 0.05) is 19.6 Å². The van der Waals surface area contributed by atoms with Crippen molar-refractivity contribution in [3.05, 3.63) is 0 Å². The minimum Gasteiger partial charge on any atom is -0.393 e. The quantitative estimate of drug-likeness (QED) is 0.706. The monoisotopic (exact) mass is 201 g/mol. The van der Waals surface area contributed by atoms with Crippen LogP contribution in [0.2, 0.25) is 0 Å². The van der Waals surface area contributed by atoms with Gasteiger partial charge in [-0.3, -0.25) is 0 Å². The molecule has 1 aliphatic heterocycles. The van der Waals surface area contributed by atoms with Crippen molar-refractivity contribution in [2.24, 2.45) is 11.8 Å². The minimum absolute atomic E-state index is 0.151. The fraction of sp³-hybridized carbons (Fsp3) is 1.00. The van der Waals surface area contributed by atoms with Crippen LogP contribution in [0, 0.1) is 11.8 Å². The molecule has 0 aromatic carbocycles. The lowest BCUT2D eigenvalue weighted by molar-refractivity contribution is 0.00612. The normalized spacial score (nSPS) is 32.1. The Bertz CT molecular complexity index is 173. The average molecular weight is 201 g/mol. The largest absolute Gasteiger partial charge is 0.393 e. The first-order valence-corrected chi connectivity index (χ1v) is 5.59. The molecule has 0 aliphatic carbocycles. The Hall–Kier alpha value is -0.120. The molecule has 0 aromatic heterocycles. The van der Waals surface area contributed by atoms with Crippen molar-refractivity contribution in [3.63, 3.8) is 0 Å². The molecule has 3 heteroatoms. The van der Waals surface area contributed by atoms with E-state index in [1.807, 2.05) is 13.8 Å². The fourth-order valence-electron chi connectivity index (χ4n) is 1.86. The Labute approximate surface area is 86.7 Å². The second-order valence-electron chi connectivity index (χ2n) is 4.90. The second kappa shape index (κ2) is 5.10. The lowest BCUT2D eigenvalue weighted by atomic mass is 9.96. The molecule has 2 N–H and O–H groups in total. The molecule has 0 bridgehead atoms. The Kier molecular flexibility index (Phi) is 4.35. The van der Waals surface area contributed by atoms with E-state index in [-0.39, 0.29) is 12.2 Å². The molecule has 1 fully saturated rings. The predicted octanol–water partition coefficient (Wildman–Crippen LogP) is 0.706. The molecule has 1 saturated heterocycles. The first-order chi connectivity index (χ1) is 6.50. The van der Waals surface area contributed by atoms with Gasteiger partial charge in [0.05, 0.1) is 12.2 Å². The predicted molar refractivity (Wildman–Crippen MR) is 57.1 cm³/mol. The third kappa shape index (κ3) is 3.23. The number of hydrogen-bond acceptors (Lipinski definition) is 3. The Balaban J connectivity index is 2.33. The van der Waals surface area contributed by atoms with Gasteiger partial charge in [-0.15, -0.1) is 0 Å². The van der Waals surface area contributed by atoms with Crippen molar-refractivity contribution in [2.45, 2.75) is 39.4 Å². The van der Waals surface area contributed by atoms with Crippen LogP contribution < -0.4 is 0 Å². The van der Waals surface area contributed by atoms with Gasteiger partial charge in [0.1, 0.15) is 0 Å². The van der Waals surface area contributed by atoms with Crippen LogP contribution >= 0.6 is 0 Å². The van der Waals surface area contributed by atoms with Crippen molar-refractivity contribution in [1.29, 1.82) is 0 Å². The zero-order chi connectivity index (χ0) is 10.7. The van der Waals surface area contributed by atoms with Crippen LogP contribution in [0.1, 0.15) is 27.2 Å². The fourth-order valence-corrected chi connectivity index (χ4v) is 1.86. The molecule has 0 aromatic rings. The van der Waals surface area contributed by atoms with E-state index in [4.69, 9.17) is 0 Å². The van der Waals surface area contributed by atoms with Gasteiger partial charge in [-0.25, -0.2) is 0 Å². The Morgan fingerprint density at radius 2 is 2.07 bits per heavy atom. The molecule has 0 radical (unpaired) electrons. The summed E-state index contributed by atoms with van der Waals surface area (Å²) in [6.07, 6.45) is 0.450. The van der Waals surface area contributed by atoms with Crippen molar-refractivity contribution in [2.75, 3.05) is 19.6 Å². The van der Waals surface area contributed by atoms with Gasteiger partial charge in [0.15, 0.2) is 0 Å². The summed E-state index contributed by atoms with van der Waals surface area (Å²) in [4.78, 5) is 2.25. The molecule has 1 aliphatic rings. The zero-order valence-corrected chi connectivity index (χ0v) is 9.48. The standard InChI is InChI=1S/C11H23NO2/c1-8(2)11(14)7-12-5-4-10(13)9(3)6-12/h8-11,13-14H,4-7H2,1-3H3. The topological polar surface area (TPSA) is 43.7 Å². The highest BCUT2D eigenvalue weighted by atomic mass is 16.3. The van der Waals surface area contributed by atoms with Gasteiger partial charge >= 0.3 is 0 Å². The second-order valence-corrected chi connectivity index (χ2v) is 4.90.